The number of nitrogens with zero attached hydrogens (tertiary/aromatic N) is 3. The van der Waals surface area contributed by atoms with E-state index >= 15 is 0 Å². The molecule has 1 amide bonds. The third-order valence-corrected chi connectivity index (χ3v) is 6.65. The van der Waals surface area contributed by atoms with Crippen LogP contribution < -0.4 is 14.8 Å². The molecule has 0 bridgehead atoms. The fourth-order valence-corrected chi connectivity index (χ4v) is 4.61. The molecule has 5 rings (SSSR count). The number of halogens is 2. The molecule has 2 aromatic heterocycles. The number of alkyl halides is 2. The van der Waals surface area contributed by atoms with Crippen molar-refractivity contribution in [2.45, 2.75) is 51.3 Å². The molecule has 1 aliphatic heterocycles. The summed E-state index contributed by atoms with van der Waals surface area (Å²) in [5.41, 5.74) is 3.14. The van der Waals surface area contributed by atoms with E-state index in [4.69, 9.17) is 9.47 Å². The number of amides is 1. The average Bonchev–Trinajstić information content (AvgIpc) is 3.30. The molecule has 0 spiro atoms. The first-order valence-corrected chi connectivity index (χ1v) is 11.6. The summed E-state index contributed by atoms with van der Waals surface area (Å²) in [6, 6.07) is 7.57. The number of hydrogen-bond donors (Lipinski definition) is 1. The number of carbonyl (C=O) groups excluding carboxylic acids is 1. The number of likely N-dealkylation sites (tertiary alicyclic amines) is 1. The number of methoxy groups -OCH3 is 1. The molecule has 7 nitrogen and oxygen atoms in total. The lowest BCUT2D eigenvalue weighted by molar-refractivity contribution is -0.0502. The van der Waals surface area contributed by atoms with Crippen LogP contribution in [0.4, 0.5) is 8.78 Å². The molecule has 0 radical (unpaired) electrons. The molecule has 3 aromatic rings. The van der Waals surface area contributed by atoms with Crippen molar-refractivity contribution in [2.24, 2.45) is 0 Å². The standard InChI is InChI=1S/C25H28F2N4O3/c1-15(30-8-3-4-9-30)16-7-10-31-19(14-28-22(31)13-16)17-11-20(33-2)23(21(12-17)34-25(26)27)24(32)29-18-5-6-18/h7,10-15,18,25H,3-6,8-9H2,1-2H3,(H,29,32). The van der Waals surface area contributed by atoms with Gasteiger partial charge in [-0.25, -0.2) is 4.98 Å². The number of aromatic nitrogens is 2. The van der Waals surface area contributed by atoms with Gasteiger partial charge in [0.05, 0.1) is 19.0 Å². The third-order valence-electron chi connectivity index (χ3n) is 6.65. The van der Waals surface area contributed by atoms with Crippen molar-refractivity contribution < 1.29 is 23.0 Å². The summed E-state index contributed by atoms with van der Waals surface area (Å²) in [7, 11) is 1.40. The second-order valence-corrected chi connectivity index (χ2v) is 8.93. The van der Waals surface area contributed by atoms with Crippen molar-refractivity contribution in [3.8, 4) is 22.8 Å². The minimum atomic E-state index is -3.08. The first kappa shape index (κ1) is 22.6. The molecular formula is C25H28F2N4O3. The summed E-state index contributed by atoms with van der Waals surface area (Å²) in [5, 5.41) is 2.82. The van der Waals surface area contributed by atoms with E-state index in [0.29, 0.717) is 17.3 Å². The van der Waals surface area contributed by atoms with Crippen LogP contribution in [-0.4, -0.2) is 53.0 Å². The molecule has 1 unspecified atom stereocenters. The van der Waals surface area contributed by atoms with Crippen molar-refractivity contribution >= 4 is 11.6 Å². The SMILES string of the molecule is COc1cc(-c2cnc3cc(C(C)N4CCCC4)ccn23)cc(OC(F)F)c1C(=O)NC1CC1. The maximum Gasteiger partial charge on any atom is 0.387 e. The van der Waals surface area contributed by atoms with Crippen LogP contribution in [0.25, 0.3) is 16.9 Å². The smallest absolute Gasteiger partial charge is 0.387 e. The molecule has 2 aliphatic rings. The molecule has 1 aromatic carbocycles. The lowest BCUT2D eigenvalue weighted by atomic mass is 10.1. The minimum Gasteiger partial charge on any atom is -0.496 e. The summed E-state index contributed by atoms with van der Waals surface area (Å²) in [4.78, 5) is 19.8. The molecule has 9 heteroatoms. The van der Waals surface area contributed by atoms with E-state index in [1.165, 1.54) is 31.6 Å². The second kappa shape index (κ2) is 9.21. The van der Waals surface area contributed by atoms with Gasteiger partial charge >= 0.3 is 6.61 Å². The number of fused-ring (bicyclic) bond motifs is 1. The Kier molecular flexibility index (Phi) is 6.12. The van der Waals surface area contributed by atoms with Crippen molar-refractivity contribution in [3.05, 3.63) is 47.8 Å². The van der Waals surface area contributed by atoms with E-state index in [2.05, 4.69) is 34.3 Å². The van der Waals surface area contributed by atoms with Crippen LogP contribution >= 0.6 is 0 Å². The Morgan fingerprint density at radius 2 is 1.91 bits per heavy atom. The molecule has 1 aliphatic carbocycles. The van der Waals surface area contributed by atoms with E-state index in [1.807, 2.05) is 10.6 Å². The zero-order chi connectivity index (χ0) is 23.8. The Labute approximate surface area is 196 Å². The molecule has 1 saturated carbocycles. The van der Waals surface area contributed by atoms with Gasteiger partial charge in [-0.15, -0.1) is 0 Å². The highest BCUT2D eigenvalue weighted by molar-refractivity contribution is 6.01. The van der Waals surface area contributed by atoms with Crippen molar-refractivity contribution in [2.75, 3.05) is 20.2 Å². The number of hydrogen-bond acceptors (Lipinski definition) is 5. The number of imidazole rings is 1. The van der Waals surface area contributed by atoms with Crippen molar-refractivity contribution in [1.82, 2.24) is 19.6 Å². The molecule has 3 heterocycles. The molecule has 34 heavy (non-hydrogen) atoms. The molecule has 2 fully saturated rings. The highest BCUT2D eigenvalue weighted by Gasteiger charge is 2.29. The van der Waals surface area contributed by atoms with Gasteiger partial charge in [-0.3, -0.25) is 14.1 Å². The fourth-order valence-electron chi connectivity index (χ4n) is 4.61. The predicted molar refractivity (Wildman–Crippen MR) is 124 cm³/mol. The van der Waals surface area contributed by atoms with Crippen LogP contribution in [0.2, 0.25) is 0 Å². The quantitative estimate of drug-likeness (QED) is 0.519. The maximum atomic E-state index is 13.2. The summed E-state index contributed by atoms with van der Waals surface area (Å²) >= 11 is 0. The summed E-state index contributed by atoms with van der Waals surface area (Å²) < 4.78 is 38.5. The van der Waals surface area contributed by atoms with E-state index in [9.17, 15) is 13.6 Å². The van der Waals surface area contributed by atoms with Crippen molar-refractivity contribution in [1.29, 1.82) is 0 Å². The summed E-state index contributed by atoms with van der Waals surface area (Å²) in [5.74, 6) is -0.544. The van der Waals surface area contributed by atoms with E-state index in [-0.39, 0.29) is 23.1 Å². The number of benzene rings is 1. The molecule has 1 saturated heterocycles. The number of pyridine rings is 1. The van der Waals surface area contributed by atoms with E-state index < -0.39 is 12.5 Å². The molecule has 1 atom stereocenters. The van der Waals surface area contributed by atoms with Gasteiger partial charge in [-0.05, 0) is 75.5 Å². The first-order valence-electron chi connectivity index (χ1n) is 11.6. The van der Waals surface area contributed by atoms with E-state index in [1.54, 1.807) is 12.3 Å². The largest absolute Gasteiger partial charge is 0.496 e. The number of ether oxygens (including phenoxy) is 2. The number of nitrogens with one attached hydrogen (secondary N) is 1. The molecule has 180 valence electrons. The monoisotopic (exact) mass is 470 g/mol. The topological polar surface area (TPSA) is 68.1 Å². The molecule has 1 N–H and O–H groups in total. The summed E-state index contributed by atoms with van der Waals surface area (Å²) in [6.45, 7) is 1.31. The Hall–Kier alpha value is -3.20. The van der Waals surface area contributed by atoms with Crippen LogP contribution in [0.15, 0.2) is 36.7 Å². The maximum absolute atomic E-state index is 13.2. The highest BCUT2D eigenvalue weighted by atomic mass is 19.3. The first-order chi connectivity index (χ1) is 16.4. The Bertz CT molecular complexity index is 1200. The van der Waals surface area contributed by atoms with Gasteiger partial charge in [0.2, 0.25) is 0 Å². The Morgan fingerprint density at radius 3 is 2.59 bits per heavy atom. The predicted octanol–water partition coefficient (Wildman–Crippen LogP) is 4.66. The Morgan fingerprint density at radius 1 is 1.18 bits per heavy atom. The van der Waals surface area contributed by atoms with Crippen LogP contribution in [0, 0.1) is 0 Å². The van der Waals surface area contributed by atoms with Gasteiger partial charge in [0, 0.05) is 23.8 Å². The van der Waals surface area contributed by atoms with Crippen LogP contribution in [0.5, 0.6) is 11.5 Å². The fraction of sp³-hybridized carbons (Fsp3) is 0.440. The zero-order valence-electron chi connectivity index (χ0n) is 19.3. The van der Waals surface area contributed by atoms with Crippen molar-refractivity contribution in [3.63, 3.8) is 0 Å². The molecular weight excluding hydrogens is 442 g/mol. The Balaban J connectivity index is 1.53. The summed E-state index contributed by atoms with van der Waals surface area (Å²) in [6.07, 6.45) is 7.81. The lowest BCUT2D eigenvalue weighted by Gasteiger charge is -2.24. The van der Waals surface area contributed by atoms with E-state index in [0.717, 1.165) is 31.6 Å². The van der Waals surface area contributed by atoms with Crippen LogP contribution in [-0.2, 0) is 0 Å². The highest BCUT2D eigenvalue weighted by Crippen LogP contribution is 2.37. The number of carbonyl (C=O) groups is 1. The van der Waals surface area contributed by atoms with Gasteiger partial charge in [-0.1, -0.05) is 0 Å². The lowest BCUT2D eigenvalue weighted by Crippen LogP contribution is -2.26. The number of rotatable bonds is 8. The second-order valence-electron chi connectivity index (χ2n) is 8.93. The van der Waals surface area contributed by atoms with Crippen LogP contribution in [0.1, 0.15) is 54.6 Å². The van der Waals surface area contributed by atoms with Gasteiger partial charge in [0.1, 0.15) is 22.7 Å². The van der Waals surface area contributed by atoms with Gasteiger partial charge in [-0.2, -0.15) is 8.78 Å². The zero-order valence-corrected chi connectivity index (χ0v) is 19.3. The average molecular weight is 471 g/mol. The van der Waals surface area contributed by atoms with Gasteiger partial charge in [0.15, 0.2) is 0 Å². The van der Waals surface area contributed by atoms with Crippen LogP contribution in [0.3, 0.4) is 0 Å². The minimum absolute atomic E-state index is 0.0333. The third kappa shape index (κ3) is 4.44. The van der Waals surface area contributed by atoms with Gasteiger partial charge in [0.25, 0.3) is 5.91 Å². The van der Waals surface area contributed by atoms with Gasteiger partial charge < -0.3 is 14.8 Å². The normalized spacial score (nSPS) is 17.3.